The van der Waals surface area contributed by atoms with E-state index in [1.165, 1.54) is 0 Å². The molecule has 0 saturated carbocycles. The van der Waals surface area contributed by atoms with Crippen molar-refractivity contribution in [1.82, 2.24) is 0 Å². The van der Waals surface area contributed by atoms with Gasteiger partial charge in [0.05, 0.1) is 0 Å². The van der Waals surface area contributed by atoms with Gasteiger partial charge in [0.2, 0.25) is 0 Å². The number of hydrogen-bond donors (Lipinski definition) is 2. The minimum absolute atomic E-state index is 0.323. The summed E-state index contributed by atoms with van der Waals surface area (Å²) >= 11 is 5.51. The fourth-order valence-electron chi connectivity index (χ4n) is 1.32. The highest BCUT2D eigenvalue weighted by Gasteiger charge is 2.24. The first-order valence-electron chi connectivity index (χ1n) is 4.73. The number of benzene rings is 1. The molecule has 1 rings (SSSR count). The zero-order valence-electron chi connectivity index (χ0n) is 7.99. The van der Waals surface area contributed by atoms with Crippen molar-refractivity contribution in [2.45, 2.75) is 25.0 Å². The topological polar surface area (TPSA) is 40.5 Å². The summed E-state index contributed by atoms with van der Waals surface area (Å²) in [6.45, 7) is 0. The molecule has 0 aliphatic rings. The summed E-state index contributed by atoms with van der Waals surface area (Å²) in [6.07, 6.45) is 1.84. The summed E-state index contributed by atoms with van der Waals surface area (Å²) in [6, 6.07) is 8.84. The molecule has 2 nitrogen and oxygen atoms in total. The van der Waals surface area contributed by atoms with E-state index in [0.717, 1.165) is 6.42 Å². The number of alkyl halides is 1. The van der Waals surface area contributed by atoms with Crippen LogP contribution in [-0.4, -0.2) is 16.1 Å². The van der Waals surface area contributed by atoms with Crippen molar-refractivity contribution in [1.29, 1.82) is 0 Å². The van der Waals surface area contributed by atoms with Gasteiger partial charge in [-0.15, -0.1) is 11.6 Å². The van der Waals surface area contributed by atoms with Gasteiger partial charge in [-0.1, -0.05) is 30.3 Å². The fourth-order valence-corrected chi connectivity index (χ4v) is 1.50. The quantitative estimate of drug-likeness (QED) is 0.448. The Bertz CT molecular complexity index is 259. The molecule has 2 N–H and O–H groups in total. The summed E-state index contributed by atoms with van der Waals surface area (Å²) in [7, 11) is 0. The van der Waals surface area contributed by atoms with E-state index in [9.17, 15) is 10.2 Å². The second-order valence-electron chi connectivity index (χ2n) is 3.33. The number of halogens is 1. The lowest BCUT2D eigenvalue weighted by molar-refractivity contribution is -0.175. The Kier molecular flexibility index (Phi) is 4.39. The van der Waals surface area contributed by atoms with Crippen molar-refractivity contribution in [2.75, 3.05) is 5.88 Å². The van der Waals surface area contributed by atoms with Gasteiger partial charge in [-0.05, 0) is 12.8 Å². The lowest BCUT2D eigenvalue weighted by atomic mass is 10.0. The lowest BCUT2D eigenvalue weighted by Crippen LogP contribution is -2.24. The normalized spacial score (nSPS) is 11.6. The molecule has 0 heterocycles. The van der Waals surface area contributed by atoms with E-state index >= 15 is 0 Å². The first kappa shape index (κ1) is 11.5. The Morgan fingerprint density at radius 2 is 1.71 bits per heavy atom. The third-order valence-corrected chi connectivity index (χ3v) is 2.41. The molecule has 1 aromatic rings. The van der Waals surface area contributed by atoms with Gasteiger partial charge in [0.15, 0.2) is 5.79 Å². The third kappa shape index (κ3) is 3.29. The van der Waals surface area contributed by atoms with E-state index in [1.807, 2.05) is 6.07 Å². The molecule has 1 aromatic carbocycles. The predicted octanol–water partition coefficient (Wildman–Crippen LogP) is 2.23. The van der Waals surface area contributed by atoms with Crippen LogP contribution in [0.5, 0.6) is 0 Å². The monoisotopic (exact) mass is 214 g/mol. The molecule has 0 atom stereocenters. The molecule has 14 heavy (non-hydrogen) atoms. The zero-order valence-corrected chi connectivity index (χ0v) is 8.74. The molecule has 3 heteroatoms. The summed E-state index contributed by atoms with van der Waals surface area (Å²) in [5, 5.41) is 19.4. The number of unbranched alkanes of at least 4 members (excludes halogenated alkanes) is 1. The number of hydrogen-bond acceptors (Lipinski definition) is 2. The maximum Gasteiger partial charge on any atom is 0.189 e. The second kappa shape index (κ2) is 5.35. The van der Waals surface area contributed by atoms with Crippen molar-refractivity contribution in [3.05, 3.63) is 35.9 Å². The highest BCUT2D eigenvalue weighted by Crippen LogP contribution is 2.23. The molecule has 0 saturated heterocycles. The molecule has 0 aliphatic heterocycles. The summed E-state index contributed by atoms with van der Waals surface area (Å²) in [5.74, 6) is -1.15. The standard InChI is InChI=1S/C11H15ClO2/c12-9-5-4-8-11(13,14)10-6-2-1-3-7-10/h1-3,6-7,13-14H,4-5,8-9H2. The molecular weight excluding hydrogens is 200 g/mol. The summed E-state index contributed by atoms with van der Waals surface area (Å²) in [4.78, 5) is 0. The Morgan fingerprint density at radius 3 is 2.29 bits per heavy atom. The van der Waals surface area contributed by atoms with Crippen LogP contribution < -0.4 is 0 Å². The van der Waals surface area contributed by atoms with Crippen LogP contribution >= 0.6 is 11.6 Å². The van der Waals surface area contributed by atoms with Crippen LogP contribution in [0.3, 0.4) is 0 Å². The van der Waals surface area contributed by atoms with E-state index in [-0.39, 0.29) is 0 Å². The SMILES string of the molecule is OC(O)(CCCCCl)c1ccccc1. The maximum absolute atomic E-state index is 9.72. The highest BCUT2D eigenvalue weighted by molar-refractivity contribution is 6.17. The van der Waals surface area contributed by atoms with Crippen molar-refractivity contribution in [2.24, 2.45) is 0 Å². The Hall–Kier alpha value is -0.570. The van der Waals surface area contributed by atoms with Gasteiger partial charge in [0.25, 0.3) is 0 Å². The second-order valence-corrected chi connectivity index (χ2v) is 3.71. The summed E-state index contributed by atoms with van der Waals surface area (Å²) < 4.78 is 0. The maximum atomic E-state index is 9.72. The average molecular weight is 215 g/mol. The Balaban J connectivity index is 2.56. The molecule has 0 fully saturated rings. The molecule has 0 spiro atoms. The Labute approximate surface area is 89.1 Å². The van der Waals surface area contributed by atoms with Gasteiger partial charge in [0.1, 0.15) is 0 Å². The summed E-state index contributed by atoms with van der Waals surface area (Å²) in [5.41, 5.74) is 0.537. The van der Waals surface area contributed by atoms with E-state index < -0.39 is 5.79 Å². The van der Waals surface area contributed by atoms with Gasteiger partial charge in [-0.2, -0.15) is 0 Å². The zero-order chi connectivity index (χ0) is 10.4. The van der Waals surface area contributed by atoms with Crippen molar-refractivity contribution in [3.63, 3.8) is 0 Å². The van der Waals surface area contributed by atoms with Gasteiger partial charge in [-0.25, -0.2) is 0 Å². The Morgan fingerprint density at radius 1 is 1.07 bits per heavy atom. The van der Waals surface area contributed by atoms with E-state index in [4.69, 9.17) is 11.6 Å². The van der Waals surface area contributed by atoms with Crippen LogP contribution in [0.15, 0.2) is 30.3 Å². The van der Waals surface area contributed by atoms with Crippen molar-refractivity contribution in [3.8, 4) is 0 Å². The fraction of sp³-hybridized carbons (Fsp3) is 0.455. The minimum Gasteiger partial charge on any atom is -0.362 e. The van der Waals surface area contributed by atoms with Crippen LogP contribution in [0.25, 0.3) is 0 Å². The molecular formula is C11H15ClO2. The first-order chi connectivity index (χ1) is 6.67. The molecule has 0 radical (unpaired) electrons. The van der Waals surface area contributed by atoms with Crippen molar-refractivity contribution < 1.29 is 10.2 Å². The molecule has 0 amide bonds. The van der Waals surface area contributed by atoms with Crippen molar-refractivity contribution >= 4 is 11.6 Å². The number of aliphatic hydroxyl groups is 2. The van der Waals surface area contributed by atoms with Crippen LogP contribution in [0.2, 0.25) is 0 Å². The van der Waals surface area contributed by atoms with Gasteiger partial charge in [-0.3, -0.25) is 0 Å². The van der Waals surface area contributed by atoms with Crippen LogP contribution in [-0.2, 0) is 5.79 Å². The first-order valence-corrected chi connectivity index (χ1v) is 5.26. The largest absolute Gasteiger partial charge is 0.362 e. The van der Waals surface area contributed by atoms with Crippen LogP contribution in [0.1, 0.15) is 24.8 Å². The van der Waals surface area contributed by atoms with E-state index in [1.54, 1.807) is 24.3 Å². The van der Waals surface area contributed by atoms with Gasteiger partial charge in [0, 0.05) is 17.9 Å². The minimum atomic E-state index is -1.71. The smallest absolute Gasteiger partial charge is 0.189 e. The highest BCUT2D eigenvalue weighted by atomic mass is 35.5. The average Bonchev–Trinajstić information content (AvgIpc) is 2.19. The predicted molar refractivity (Wildman–Crippen MR) is 57.1 cm³/mol. The van der Waals surface area contributed by atoms with Crippen LogP contribution in [0.4, 0.5) is 0 Å². The van der Waals surface area contributed by atoms with E-state index in [0.29, 0.717) is 24.3 Å². The molecule has 0 aliphatic carbocycles. The number of rotatable bonds is 5. The van der Waals surface area contributed by atoms with Gasteiger partial charge < -0.3 is 10.2 Å². The lowest BCUT2D eigenvalue weighted by Gasteiger charge is -2.21. The molecule has 0 bridgehead atoms. The molecule has 0 unspecified atom stereocenters. The van der Waals surface area contributed by atoms with E-state index in [2.05, 4.69) is 0 Å². The molecule has 0 aromatic heterocycles. The van der Waals surface area contributed by atoms with Gasteiger partial charge >= 0.3 is 0 Å². The molecule has 78 valence electrons. The third-order valence-electron chi connectivity index (χ3n) is 2.15. The van der Waals surface area contributed by atoms with Crippen LogP contribution in [0, 0.1) is 0 Å².